The highest BCUT2D eigenvalue weighted by atomic mass is 35.5. The molecule has 10 nitrogen and oxygen atoms in total. The van der Waals surface area contributed by atoms with E-state index < -0.39 is 29.8 Å². The predicted octanol–water partition coefficient (Wildman–Crippen LogP) is 2.85. The van der Waals surface area contributed by atoms with Crippen LogP contribution in [0.5, 0.6) is 0 Å². The van der Waals surface area contributed by atoms with Crippen LogP contribution in [0, 0.1) is 5.82 Å². The number of thiazole rings is 1. The Morgan fingerprint density at radius 1 is 1.29 bits per heavy atom. The molecule has 4 rings (SSSR count). The number of aromatic nitrogens is 1. The van der Waals surface area contributed by atoms with Gasteiger partial charge in [0.2, 0.25) is 5.91 Å². The van der Waals surface area contributed by atoms with Crippen LogP contribution in [0.15, 0.2) is 46.0 Å². The maximum absolute atomic E-state index is 14.5. The Morgan fingerprint density at radius 3 is 2.74 bits per heavy atom. The number of piperazine rings is 1. The van der Waals surface area contributed by atoms with Crippen LogP contribution in [0.2, 0.25) is 5.02 Å². The van der Waals surface area contributed by atoms with Gasteiger partial charge in [-0.25, -0.2) is 14.2 Å². The van der Waals surface area contributed by atoms with E-state index in [0.717, 1.165) is 0 Å². The lowest BCUT2D eigenvalue weighted by atomic mass is 9.94. The molecule has 0 bridgehead atoms. The van der Waals surface area contributed by atoms with Crippen LogP contribution in [-0.4, -0.2) is 82.4 Å². The standard InChI is InChI=1S/C25H27ClFN5O5S/c1-3-18(33)32-10-9-31(17(13-32)24(34)35)12-16-19(25(36)37-4-2)21(14-6-5-7-15(27)20(14)26)30-22(29-16)23-28-8-11-38-23/h5-8,11,17,21H,3-4,9-10,12-13H2,1-2H3,(H,29,30)(H,34,35)/t17-,21-/m0/s1. The van der Waals surface area contributed by atoms with E-state index in [1.54, 1.807) is 36.4 Å². The number of benzene rings is 1. The molecule has 2 atom stereocenters. The van der Waals surface area contributed by atoms with Crippen molar-refractivity contribution in [1.82, 2.24) is 20.1 Å². The molecule has 38 heavy (non-hydrogen) atoms. The van der Waals surface area contributed by atoms with Crippen LogP contribution in [-0.2, 0) is 19.1 Å². The molecule has 0 aliphatic carbocycles. The Morgan fingerprint density at radius 2 is 2.08 bits per heavy atom. The molecule has 13 heteroatoms. The molecule has 202 valence electrons. The van der Waals surface area contributed by atoms with Crippen molar-refractivity contribution < 1.29 is 28.6 Å². The lowest BCUT2D eigenvalue weighted by molar-refractivity contribution is -0.148. The Balaban J connectivity index is 1.80. The first-order valence-corrected chi connectivity index (χ1v) is 13.3. The van der Waals surface area contributed by atoms with Gasteiger partial charge in [0.05, 0.1) is 17.2 Å². The van der Waals surface area contributed by atoms with Gasteiger partial charge in [-0.2, -0.15) is 0 Å². The molecule has 1 fully saturated rings. The fraction of sp³-hybridized carbons (Fsp3) is 0.400. The van der Waals surface area contributed by atoms with Crippen LogP contribution in [0.1, 0.15) is 36.9 Å². The molecule has 2 aromatic rings. The van der Waals surface area contributed by atoms with E-state index in [1.807, 2.05) is 0 Å². The van der Waals surface area contributed by atoms with Gasteiger partial charge in [0.25, 0.3) is 0 Å². The largest absolute Gasteiger partial charge is 0.480 e. The van der Waals surface area contributed by atoms with E-state index in [-0.39, 0.29) is 54.7 Å². The number of nitrogens with zero attached hydrogens (tertiary/aromatic N) is 4. The van der Waals surface area contributed by atoms with Gasteiger partial charge in [0.15, 0.2) is 10.8 Å². The normalized spacial score (nSPS) is 20.1. The third-order valence-corrected chi connectivity index (χ3v) is 7.50. The lowest BCUT2D eigenvalue weighted by Gasteiger charge is -2.40. The summed E-state index contributed by atoms with van der Waals surface area (Å²) in [7, 11) is 0. The Labute approximate surface area is 227 Å². The van der Waals surface area contributed by atoms with Crippen molar-refractivity contribution in [2.75, 3.05) is 32.8 Å². The van der Waals surface area contributed by atoms with Crippen LogP contribution in [0.3, 0.4) is 0 Å². The molecule has 0 spiro atoms. The zero-order chi connectivity index (χ0) is 27.4. The third kappa shape index (κ3) is 5.71. The monoisotopic (exact) mass is 563 g/mol. The smallest absolute Gasteiger partial charge is 0.338 e. The molecule has 2 N–H and O–H groups in total. The maximum atomic E-state index is 14.5. The van der Waals surface area contributed by atoms with Crippen molar-refractivity contribution in [3.63, 3.8) is 0 Å². The van der Waals surface area contributed by atoms with Gasteiger partial charge in [0, 0.05) is 55.4 Å². The number of carbonyl (C=O) groups excluding carboxylic acids is 2. The third-order valence-electron chi connectivity index (χ3n) is 6.32. The van der Waals surface area contributed by atoms with E-state index >= 15 is 0 Å². The number of hydrogen-bond acceptors (Lipinski definition) is 9. The molecule has 0 radical (unpaired) electrons. The van der Waals surface area contributed by atoms with Crippen LogP contribution >= 0.6 is 22.9 Å². The first kappa shape index (κ1) is 27.7. The maximum Gasteiger partial charge on any atom is 0.338 e. The second-order valence-electron chi connectivity index (χ2n) is 8.62. The number of nitrogens with one attached hydrogen (secondary N) is 1. The molecule has 1 aromatic carbocycles. The molecule has 1 amide bonds. The highest BCUT2D eigenvalue weighted by Crippen LogP contribution is 2.37. The van der Waals surface area contributed by atoms with Gasteiger partial charge in [-0.1, -0.05) is 30.7 Å². The van der Waals surface area contributed by atoms with Crippen molar-refractivity contribution >= 4 is 46.6 Å². The first-order chi connectivity index (χ1) is 18.2. The summed E-state index contributed by atoms with van der Waals surface area (Å²) in [5.74, 6) is -2.24. The van der Waals surface area contributed by atoms with Crippen LogP contribution in [0.4, 0.5) is 4.39 Å². The molecule has 2 aliphatic heterocycles. The summed E-state index contributed by atoms with van der Waals surface area (Å²) in [6, 6.07) is 2.23. The van der Waals surface area contributed by atoms with Crippen LogP contribution in [0.25, 0.3) is 0 Å². The molecular formula is C25H27ClFN5O5S. The fourth-order valence-corrected chi connectivity index (χ4v) is 5.29. The second kappa shape index (κ2) is 12.0. The van der Waals surface area contributed by atoms with Gasteiger partial charge in [-0.05, 0) is 13.0 Å². The number of rotatable bonds is 8. The highest BCUT2D eigenvalue weighted by Gasteiger charge is 2.39. The number of halogens is 2. The zero-order valence-electron chi connectivity index (χ0n) is 20.8. The highest BCUT2D eigenvalue weighted by molar-refractivity contribution is 7.11. The number of esters is 1. The molecule has 1 saturated heterocycles. The first-order valence-electron chi connectivity index (χ1n) is 12.1. The van der Waals surface area contributed by atoms with Gasteiger partial charge < -0.3 is 20.1 Å². The van der Waals surface area contributed by atoms with Gasteiger partial charge in [0.1, 0.15) is 17.9 Å². The molecule has 0 saturated carbocycles. The van der Waals surface area contributed by atoms with Crippen molar-refractivity contribution in [1.29, 1.82) is 0 Å². The summed E-state index contributed by atoms with van der Waals surface area (Å²) in [6.45, 7) is 4.09. The Hall–Kier alpha value is -3.35. The molecule has 1 aromatic heterocycles. The number of carboxylic acid groups (broad SMARTS) is 1. The van der Waals surface area contributed by atoms with E-state index in [9.17, 15) is 23.9 Å². The number of ether oxygens (including phenoxy) is 1. The minimum atomic E-state index is -1.09. The average molecular weight is 564 g/mol. The molecular weight excluding hydrogens is 537 g/mol. The van der Waals surface area contributed by atoms with Gasteiger partial charge in [-0.15, -0.1) is 11.3 Å². The van der Waals surface area contributed by atoms with Gasteiger partial charge in [-0.3, -0.25) is 19.5 Å². The summed E-state index contributed by atoms with van der Waals surface area (Å²) < 4.78 is 19.8. The summed E-state index contributed by atoms with van der Waals surface area (Å²) in [6.07, 6.45) is 1.87. The number of hydrogen-bond donors (Lipinski definition) is 2. The summed E-state index contributed by atoms with van der Waals surface area (Å²) in [4.78, 5) is 49.9. The quantitative estimate of drug-likeness (QED) is 0.470. The number of aliphatic carboxylic acids is 1. The molecule has 2 aliphatic rings. The van der Waals surface area contributed by atoms with Gasteiger partial charge >= 0.3 is 11.9 Å². The zero-order valence-corrected chi connectivity index (χ0v) is 22.4. The topological polar surface area (TPSA) is 124 Å². The van der Waals surface area contributed by atoms with Crippen LogP contribution < -0.4 is 5.32 Å². The number of carbonyl (C=O) groups is 3. The predicted molar refractivity (Wildman–Crippen MR) is 139 cm³/mol. The minimum absolute atomic E-state index is 0.00704. The SMILES string of the molecule is CCOC(=O)C1=C(CN2CCN(C(=O)CC)C[C@H]2C(=O)O)NC(c2nccs2)=N[C@H]1c1cccc(F)c1Cl. The number of aliphatic imine (C=N–C) groups is 1. The van der Waals surface area contributed by atoms with Crippen molar-refractivity contribution in [3.05, 3.63) is 62.5 Å². The Kier molecular flexibility index (Phi) is 8.75. The lowest BCUT2D eigenvalue weighted by Crippen LogP contribution is -2.58. The Bertz CT molecular complexity index is 1280. The minimum Gasteiger partial charge on any atom is -0.480 e. The number of amides is 1. The number of carboxylic acids is 1. The molecule has 3 heterocycles. The molecule has 0 unspecified atom stereocenters. The van der Waals surface area contributed by atoms with E-state index in [1.165, 1.54) is 28.4 Å². The second-order valence-corrected chi connectivity index (χ2v) is 9.89. The number of amidine groups is 1. The van der Waals surface area contributed by atoms with Crippen molar-refractivity contribution in [2.24, 2.45) is 4.99 Å². The summed E-state index contributed by atoms with van der Waals surface area (Å²) >= 11 is 7.64. The average Bonchev–Trinajstić information content (AvgIpc) is 3.45. The summed E-state index contributed by atoms with van der Waals surface area (Å²) in [5.41, 5.74) is 0.697. The van der Waals surface area contributed by atoms with Crippen molar-refractivity contribution in [3.8, 4) is 0 Å². The fourth-order valence-electron chi connectivity index (χ4n) is 4.47. The van der Waals surface area contributed by atoms with E-state index in [0.29, 0.717) is 23.1 Å². The van der Waals surface area contributed by atoms with E-state index in [2.05, 4.69) is 15.3 Å². The van der Waals surface area contributed by atoms with Crippen molar-refractivity contribution in [2.45, 2.75) is 32.4 Å². The summed E-state index contributed by atoms with van der Waals surface area (Å²) in [5, 5.41) is 15.2. The van der Waals surface area contributed by atoms with E-state index in [4.69, 9.17) is 16.3 Å².